The van der Waals surface area contributed by atoms with Crippen LogP contribution in [0.5, 0.6) is 0 Å². The summed E-state index contributed by atoms with van der Waals surface area (Å²) in [6.45, 7) is -0.209. The van der Waals surface area contributed by atoms with Gasteiger partial charge in [-0.3, -0.25) is 0 Å². The van der Waals surface area contributed by atoms with Crippen molar-refractivity contribution in [2.75, 3.05) is 13.2 Å². The third-order valence-electron chi connectivity index (χ3n) is 2.90. The van der Waals surface area contributed by atoms with Gasteiger partial charge < -0.3 is 10.2 Å². The van der Waals surface area contributed by atoms with Crippen molar-refractivity contribution in [1.29, 1.82) is 0 Å². The van der Waals surface area contributed by atoms with Crippen LogP contribution >= 0.6 is 0 Å². The highest BCUT2D eigenvalue weighted by Crippen LogP contribution is 2.38. The molecule has 1 fully saturated rings. The van der Waals surface area contributed by atoms with Crippen LogP contribution in [0.4, 0.5) is 8.78 Å². The Morgan fingerprint density at radius 3 is 2.00 bits per heavy atom. The number of hydrogen-bond acceptors (Lipinski definition) is 2. The van der Waals surface area contributed by atoms with E-state index in [2.05, 4.69) is 0 Å². The molecular weight excluding hydrogens is 178 g/mol. The molecule has 0 saturated heterocycles. The molecule has 0 spiro atoms. The molecular formula is C9H16F2O2. The van der Waals surface area contributed by atoms with E-state index in [0.29, 0.717) is 12.8 Å². The van der Waals surface area contributed by atoms with Crippen LogP contribution in [0, 0.1) is 11.8 Å². The average molecular weight is 194 g/mol. The van der Waals surface area contributed by atoms with Gasteiger partial charge in [-0.15, -0.1) is 0 Å². The number of rotatable bonds is 3. The average Bonchev–Trinajstić information content (AvgIpc) is 2.09. The van der Waals surface area contributed by atoms with E-state index in [1.807, 2.05) is 0 Å². The molecule has 0 radical (unpaired) electrons. The molecule has 0 bridgehead atoms. The first-order chi connectivity index (χ1) is 6.09. The predicted octanol–water partition coefficient (Wildman–Crippen LogP) is 1.41. The van der Waals surface area contributed by atoms with E-state index in [-0.39, 0.29) is 37.9 Å². The smallest absolute Gasteiger partial charge is 0.248 e. The molecule has 1 saturated carbocycles. The van der Waals surface area contributed by atoms with Gasteiger partial charge >= 0.3 is 0 Å². The van der Waals surface area contributed by atoms with Gasteiger partial charge in [0.2, 0.25) is 5.92 Å². The van der Waals surface area contributed by atoms with Crippen molar-refractivity contribution in [1.82, 2.24) is 0 Å². The third kappa shape index (κ3) is 2.88. The topological polar surface area (TPSA) is 40.5 Å². The molecule has 4 heteroatoms. The molecule has 1 aliphatic rings. The second kappa shape index (κ2) is 4.33. The second-order valence-electron chi connectivity index (χ2n) is 3.82. The third-order valence-corrected chi connectivity index (χ3v) is 2.90. The molecule has 0 aliphatic heterocycles. The number of aliphatic hydroxyl groups is 2. The first kappa shape index (κ1) is 10.9. The van der Waals surface area contributed by atoms with Crippen LogP contribution in [-0.2, 0) is 0 Å². The van der Waals surface area contributed by atoms with E-state index in [9.17, 15) is 8.78 Å². The summed E-state index contributed by atoms with van der Waals surface area (Å²) in [5.74, 6) is -2.67. The molecule has 0 atom stereocenters. The van der Waals surface area contributed by atoms with Crippen LogP contribution < -0.4 is 0 Å². The van der Waals surface area contributed by atoms with Crippen molar-refractivity contribution in [2.45, 2.75) is 31.6 Å². The van der Waals surface area contributed by atoms with Crippen molar-refractivity contribution >= 4 is 0 Å². The Morgan fingerprint density at radius 1 is 1.15 bits per heavy atom. The van der Waals surface area contributed by atoms with E-state index in [0.717, 1.165) is 0 Å². The van der Waals surface area contributed by atoms with E-state index in [4.69, 9.17) is 10.2 Å². The minimum atomic E-state index is -2.52. The minimum absolute atomic E-state index is 0.0645. The summed E-state index contributed by atoms with van der Waals surface area (Å²) in [4.78, 5) is 0. The first-order valence-corrected chi connectivity index (χ1v) is 4.68. The van der Waals surface area contributed by atoms with Gasteiger partial charge in [0.25, 0.3) is 0 Å². The number of aliphatic hydroxyl groups excluding tert-OH is 2. The van der Waals surface area contributed by atoms with Crippen molar-refractivity contribution in [2.24, 2.45) is 11.8 Å². The predicted molar refractivity (Wildman–Crippen MR) is 44.6 cm³/mol. The molecule has 0 heterocycles. The molecule has 1 aliphatic carbocycles. The second-order valence-corrected chi connectivity index (χ2v) is 3.82. The van der Waals surface area contributed by atoms with E-state index < -0.39 is 5.92 Å². The van der Waals surface area contributed by atoms with Crippen LogP contribution in [0.25, 0.3) is 0 Å². The van der Waals surface area contributed by atoms with Crippen LogP contribution in [0.3, 0.4) is 0 Å². The van der Waals surface area contributed by atoms with Gasteiger partial charge in [0, 0.05) is 32.0 Å². The van der Waals surface area contributed by atoms with Gasteiger partial charge in [0.05, 0.1) is 0 Å². The lowest BCUT2D eigenvalue weighted by molar-refractivity contribution is -0.0592. The molecule has 13 heavy (non-hydrogen) atoms. The van der Waals surface area contributed by atoms with Crippen LogP contribution in [-0.4, -0.2) is 29.3 Å². The van der Waals surface area contributed by atoms with Crippen LogP contribution in [0.2, 0.25) is 0 Å². The highest BCUT2D eigenvalue weighted by Gasteiger charge is 2.37. The van der Waals surface area contributed by atoms with Crippen molar-refractivity contribution in [3.63, 3.8) is 0 Å². The fraction of sp³-hybridized carbons (Fsp3) is 1.00. The van der Waals surface area contributed by atoms with E-state index in [1.165, 1.54) is 0 Å². The maximum Gasteiger partial charge on any atom is 0.248 e. The largest absolute Gasteiger partial charge is 0.396 e. The molecule has 0 unspecified atom stereocenters. The number of alkyl halides is 2. The normalized spacial score (nSPS) is 23.8. The Labute approximate surface area is 76.6 Å². The molecule has 0 aromatic heterocycles. The van der Waals surface area contributed by atoms with Gasteiger partial charge in [0.1, 0.15) is 0 Å². The summed E-state index contributed by atoms with van der Waals surface area (Å²) in [6.07, 6.45) is 0.625. The highest BCUT2D eigenvalue weighted by molar-refractivity contribution is 4.80. The van der Waals surface area contributed by atoms with E-state index in [1.54, 1.807) is 0 Å². The molecule has 1 rings (SSSR count). The molecule has 2 nitrogen and oxygen atoms in total. The van der Waals surface area contributed by atoms with Crippen molar-refractivity contribution in [3.05, 3.63) is 0 Å². The zero-order valence-corrected chi connectivity index (χ0v) is 7.55. The Balaban J connectivity index is 2.39. The Hall–Kier alpha value is -0.220. The lowest BCUT2D eigenvalue weighted by Crippen LogP contribution is -2.31. The fourth-order valence-electron chi connectivity index (χ4n) is 1.89. The summed E-state index contributed by atoms with van der Waals surface area (Å²) in [7, 11) is 0. The fourth-order valence-corrected chi connectivity index (χ4v) is 1.89. The maximum atomic E-state index is 12.7. The Kier molecular flexibility index (Phi) is 3.62. The minimum Gasteiger partial charge on any atom is -0.396 e. The zero-order chi connectivity index (χ0) is 9.90. The van der Waals surface area contributed by atoms with Crippen molar-refractivity contribution in [3.8, 4) is 0 Å². The lowest BCUT2D eigenvalue weighted by atomic mass is 9.79. The molecule has 78 valence electrons. The van der Waals surface area contributed by atoms with Gasteiger partial charge in [-0.2, -0.15) is 0 Å². The highest BCUT2D eigenvalue weighted by atomic mass is 19.3. The lowest BCUT2D eigenvalue weighted by Gasteiger charge is -2.32. The maximum absolute atomic E-state index is 12.7. The van der Waals surface area contributed by atoms with Crippen LogP contribution in [0.15, 0.2) is 0 Å². The Morgan fingerprint density at radius 2 is 1.62 bits per heavy atom. The van der Waals surface area contributed by atoms with Crippen molar-refractivity contribution < 1.29 is 19.0 Å². The van der Waals surface area contributed by atoms with Gasteiger partial charge in [-0.05, 0) is 18.8 Å². The van der Waals surface area contributed by atoms with Gasteiger partial charge in [0.15, 0.2) is 0 Å². The standard InChI is InChI=1S/C9H16F2O2/c10-9(11)3-1-7(2-4-9)8(5-12)6-13/h7-8,12-13H,1-6H2. The first-order valence-electron chi connectivity index (χ1n) is 4.68. The summed E-state index contributed by atoms with van der Waals surface area (Å²) < 4.78 is 25.4. The number of hydrogen-bond donors (Lipinski definition) is 2. The SMILES string of the molecule is OCC(CO)C1CCC(F)(F)CC1. The van der Waals surface area contributed by atoms with Crippen LogP contribution in [0.1, 0.15) is 25.7 Å². The van der Waals surface area contributed by atoms with Gasteiger partial charge in [-0.25, -0.2) is 8.78 Å². The monoisotopic (exact) mass is 194 g/mol. The quantitative estimate of drug-likeness (QED) is 0.713. The Bertz CT molecular complexity index is 148. The molecule has 0 amide bonds. The summed E-state index contributed by atoms with van der Waals surface area (Å²) in [6, 6.07) is 0. The van der Waals surface area contributed by atoms with E-state index >= 15 is 0 Å². The summed E-state index contributed by atoms with van der Waals surface area (Å²) >= 11 is 0. The molecule has 0 aromatic carbocycles. The summed E-state index contributed by atoms with van der Waals surface area (Å²) in [5.41, 5.74) is 0. The number of halogens is 2. The van der Waals surface area contributed by atoms with Gasteiger partial charge in [-0.1, -0.05) is 0 Å². The summed E-state index contributed by atoms with van der Waals surface area (Å²) in [5, 5.41) is 17.7. The molecule has 0 aromatic rings. The zero-order valence-electron chi connectivity index (χ0n) is 7.55. The molecule has 2 N–H and O–H groups in total.